The van der Waals surface area contributed by atoms with Gasteiger partial charge in [0.05, 0.1) is 11.6 Å². The first-order valence-corrected chi connectivity index (χ1v) is 7.94. The fourth-order valence-corrected chi connectivity index (χ4v) is 2.90. The highest BCUT2D eigenvalue weighted by Crippen LogP contribution is 2.27. The van der Waals surface area contributed by atoms with E-state index in [1.807, 2.05) is 13.8 Å². The maximum Gasteiger partial charge on any atom is 0.408 e. The molecule has 1 heterocycles. The van der Waals surface area contributed by atoms with Crippen LogP contribution in [0.5, 0.6) is 0 Å². The van der Waals surface area contributed by atoms with E-state index in [9.17, 15) is 22.8 Å². The van der Waals surface area contributed by atoms with E-state index >= 15 is 0 Å². The number of aryl methyl sites for hydroxylation is 1. The van der Waals surface area contributed by atoms with Gasteiger partial charge in [0, 0.05) is 17.8 Å². The van der Waals surface area contributed by atoms with E-state index in [4.69, 9.17) is 5.11 Å². The lowest BCUT2D eigenvalue weighted by Crippen LogP contribution is -2.40. The Bertz CT molecular complexity index is 639. The lowest BCUT2D eigenvalue weighted by atomic mass is 9.97. The minimum Gasteiger partial charge on any atom is -0.480 e. The molecule has 0 fully saturated rings. The van der Waals surface area contributed by atoms with Crippen LogP contribution in [0.1, 0.15) is 43.6 Å². The molecule has 1 N–H and O–H groups in total. The summed E-state index contributed by atoms with van der Waals surface area (Å²) in [6.45, 7) is 6.87. The summed E-state index contributed by atoms with van der Waals surface area (Å²) < 4.78 is 38.7. The van der Waals surface area contributed by atoms with E-state index in [1.165, 1.54) is 11.8 Å². The third-order valence-corrected chi connectivity index (χ3v) is 3.79. The molecule has 0 saturated carbocycles. The molecule has 1 rings (SSSR count). The zero-order valence-corrected chi connectivity index (χ0v) is 15.0. The van der Waals surface area contributed by atoms with E-state index in [1.54, 1.807) is 13.8 Å². The number of aliphatic carboxylic acids is 1. The van der Waals surface area contributed by atoms with Crippen LogP contribution in [0.3, 0.4) is 0 Å². The summed E-state index contributed by atoms with van der Waals surface area (Å²) in [5.74, 6) is -2.29. The highest BCUT2D eigenvalue weighted by atomic mass is 19.4. The second-order valence-corrected chi connectivity index (χ2v) is 6.59. The van der Waals surface area contributed by atoms with Gasteiger partial charge < -0.3 is 10.0 Å². The second kappa shape index (κ2) is 7.88. The molecule has 9 heteroatoms. The zero-order valence-electron chi connectivity index (χ0n) is 15.0. The van der Waals surface area contributed by atoms with Crippen LogP contribution >= 0.6 is 0 Å². The Morgan fingerprint density at radius 1 is 1.24 bits per heavy atom. The molecular formula is C16H24F3N3O3. The molecule has 0 aromatic carbocycles. The number of halogens is 3. The van der Waals surface area contributed by atoms with Crippen molar-refractivity contribution in [2.45, 2.75) is 53.3 Å². The van der Waals surface area contributed by atoms with Crippen LogP contribution in [0.4, 0.5) is 13.2 Å². The summed E-state index contributed by atoms with van der Waals surface area (Å²) in [7, 11) is 0. The summed E-state index contributed by atoms with van der Waals surface area (Å²) in [6.07, 6.45) is -4.42. The van der Waals surface area contributed by atoms with Crippen LogP contribution in [0, 0.1) is 19.8 Å². The molecule has 1 aromatic rings. The minimum atomic E-state index is -4.42. The summed E-state index contributed by atoms with van der Waals surface area (Å²) in [6, 6.07) is 0. The van der Waals surface area contributed by atoms with E-state index in [0.717, 1.165) is 4.68 Å². The largest absolute Gasteiger partial charge is 0.480 e. The van der Waals surface area contributed by atoms with Crippen LogP contribution in [0.2, 0.25) is 0 Å². The van der Waals surface area contributed by atoms with Crippen molar-refractivity contribution in [2.75, 3.05) is 13.1 Å². The Morgan fingerprint density at radius 2 is 1.80 bits per heavy atom. The number of rotatable bonds is 7. The fraction of sp³-hybridized carbons (Fsp3) is 0.688. The first kappa shape index (κ1) is 21.0. The maximum absolute atomic E-state index is 12.7. The number of hydrogen-bond acceptors (Lipinski definition) is 3. The van der Waals surface area contributed by atoms with Gasteiger partial charge in [-0.15, -0.1) is 0 Å². The van der Waals surface area contributed by atoms with Crippen LogP contribution in [0.25, 0.3) is 0 Å². The van der Waals surface area contributed by atoms with E-state index in [2.05, 4.69) is 5.10 Å². The van der Waals surface area contributed by atoms with Crippen molar-refractivity contribution in [3.63, 3.8) is 0 Å². The first-order valence-electron chi connectivity index (χ1n) is 7.94. The van der Waals surface area contributed by atoms with Gasteiger partial charge in [0.1, 0.15) is 13.1 Å². The van der Waals surface area contributed by atoms with Crippen molar-refractivity contribution in [3.8, 4) is 0 Å². The topological polar surface area (TPSA) is 75.4 Å². The van der Waals surface area contributed by atoms with E-state index in [-0.39, 0.29) is 18.2 Å². The third-order valence-electron chi connectivity index (χ3n) is 3.79. The van der Waals surface area contributed by atoms with Crippen LogP contribution < -0.4 is 0 Å². The van der Waals surface area contributed by atoms with Crippen LogP contribution in [-0.2, 0) is 16.1 Å². The lowest BCUT2D eigenvalue weighted by molar-refractivity contribution is -0.145. The smallest absolute Gasteiger partial charge is 0.408 e. The van der Waals surface area contributed by atoms with Crippen molar-refractivity contribution in [2.24, 2.45) is 5.92 Å². The van der Waals surface area contributed by atoms with Crippen molar-refractivity contribution >= 4 is 11.9 Å². The lowest BCUT2D eigenvalue weighted by Gasteiger charge is -2.26. The van der Waals surface area contributed by atoms with Crippen molar-refractivity contribution in [1.82, 2.24) is 14.7 Å². The minimum absolute atomic E-state index is 0.0608. The van der Waals surface area contributed by atoms with Gasteiger partial charge in [-0.05, 0) is 26.7 Å². The molecule has 0 bridgehead atoms. The first-order chi connectivity index (χ1) is 11.3. The highest BCUT2D eigenvalue weighted by Gasteiger charge is 2.33. The van der Waals surface area contributed by atoms with Gasteiger partial charge in [-0.25, -0.2) is 0 Å². The number of amides is 1. The molecule has 0 spiro atoms. The van der Waals surface area contributed by atoms with E-state index in [0.29, 0.717) is 11.3 Å². The van der Waals surface area contributed by atoms with E-state index < -0.39 is 37.1 Å². The van der Waals surface area contributed by atoms with Gasteiger partial charge in [0.2, 0.25) is 5.91 Å². The molecule has 1 atom stereocenters. The second-order valence-electron chi connectivity index (χ2n) is 6.59. The van der Waals surface area contributed by atoms with Gasteiger partial charge in [-0.2, -0.15) is 18.3 Å². The number of aromatic nitrogens is 2. The molecule has 0 saturated heterocycles. The number of carbonyl (C=O) groups excluding carboxylic acids is 1. The predicted octanol–water partition coefficient (Wildman–Crippen LogP) is 2.73. The summed E-state index contributed by atoms with van der Waals surface area (Å²) in [4.78, 5) is 25.0. The number of carboxylic acids is 1. The molecule has 0 aliphatic carbocycles. The standard InChI is InChI=1S/C16H24F3N3O3/c1-9(2)6-21(7-13(23)24)15(25)10(3)14-11(4)20-22(12(14)5)8-16(17,18)19/h9-10H,6-8H2,1-5H3,(H,23,24). The molecule has 0 aliphatic rings. The molecule has 1 aromatic heterocycles. The average Bonchev–Trinajstić information content (AvgIpc) is 2.68. The van der Waals surface area contributed by atoms with Crippen molar-refractivity contribution in [3.05, 3.63) is 17.0 Å². The van der Waals surface area contributed by atoms with Gasteiger partial charge in [0.15, 0.2) is 0 Å². The van der Waals surface area contributed by atoms with Gasteiger partial charge in [0.25, 0.3) is 0 Å². The van der Waals surface area contributed by atoms with Crippen molar-refractivity contribution < 1.29 is 27.9 Å². The zero-order chi connectivity index (χ0) is 19.5. The number of nitrogens with zero attached hydrogens (tertiary/aromatic N) is 3. The molecule has 142 valence electrons. The summed E-state index contributed by atoms with van der Waals surface area (Å²) in [5.41, 5.74) is 1.01. The maximum atomic E-state index is 12.7. The monoisotopic (exact) mass is 363 g/mol. The Balaban J connectivity index is 3.13. The Kier molecular flexibility index (Phi) is 6.61. The molecule has 0 aliphatic heterocycles. The van der Waals surface area contributed by atoms with Gasteiger partial charge in [-0.3, -0.25) is 14.3 Å². The molecule has 1 amide bonds. The predicted molar refractivity (Wildman–Crippen MR) is 85.2 cm³/mol. The third kappa shape index (κ3) is 5.75. The molecule has 1 unspecified atom stereocenters. The molecule has 0 radical (unpaired) electrons. The molecule has 25 heavy (non-hydrogen) atoms. The summed E-state index contributed by atoms with van der Waals surface area (Å²) in [5, 5.41) is 12.9. The Morgan fingerprint density at radius 3 is 2.24 bits per heavy atom. The average molecular weight is 363 g/mol. The number of hydrogen-bond donors (Lipinski definition) is 1. The SMILES string of the molecule is Cc1nn(CC(F)(F)F)c(C)c1C(C)C(=O)N(CC(=O)O)CC(C)C. The number of alkyl halides is 3. The van der Waals surface area contributed by atoms with Gasteiger partial charge in [-0.1, -0.05) is 13.8 Å². The number of carboxylic acid groups (broad SMARTS) is 1. The normalized spacial score (nSPS) is 13.2. The highest BCUT2D eigenvalue weighted by molar-refractivity contribution is 5.86. The molecular weight excluding hydrogens is 339 g/mol. The van der Waals surface area contributed by atoms with Crippen LogP contribution in [-0.4, -0.2) is 50.9 Å². The fourth-order valence-electron chi connectivity index (χ4n) is 2.90. The van der Waals surface area contributed by atoms with Crippen molar-refractivity contribution in [1.29, 1.82) is 0 Å². The molecule has 6 nitrogen and oxygen atoms in total. The van der Waals surface area contributed by atoms with Gasteiger partial charge >= 0.3 is 12.1 Å². The summed E-state index contributed by atoms with van der Waals surface area (Å²) >= 11 is 0. The Labute approximate surface area is 144 Å². The quantitative estimate of drug-likeness (QED) is 0.808. The van der Waals surface area contributed by atoms with Crippen LogP contribution in [0.15, 0.2) is 0 Å². The number of carbonyl (C=O) groups is 2. The Hall–Kier alpha value is -2.06.